The van der Waals surface area contributed by atoms with Crippen molar-refractivity contribution < 1.29 is 5.11 Å². The van der Waals surface area contributed by atoms with Crippen LogP contribution in [0.1, 0.15) is 16.7 Å². The smallest absolute Gasteiger partial charge is 0.121 e. The number of hydrogen-bond donors (Lipinski definition) is 2. The Balaban J connectivity index is 1.99. The van der Waals surface area contributed by atoms with Gasteiger partial charge in [-0.1, -0.05) is 29.8 Å². The number of rotatable bonds is 4. The maximum Gasteiger partial charge on any atom is 0.121 e. The van der Waals surface area contributed by atoms with E-state index < -0.39 is 0 Å². The van der Waals surface area contributed by atoms with Gasteiger partial charge >= 0.3 is 0 Å². The van der Waals surface area contributed by atoms with Crippen molar-refractivity contribution in [2.24, 2.45) is 0 Å². The Kier molecular flexibility index (Phi) is 4.40. The molecule has 0 radical (unpaired) electrons. The summed E-state index contributed by atoms with van der Waals surface area (Å²) in [6.07, 6.45) is 0. The summed E-state index contributed by atoms with van der Waals surface area (Å²) in [6, 6.07) is 14.6. The lowest BCUT2D eigenvalue weighted by atomic mass is 10.1. The van der Waals surface area contributed by atoms with Crippen LogP contribution in [0.3, 0.4) is 0 Å². The predicted molar refractivity (Wildman–Crippen MR) is 74.8 cm³/mol. The minimum Gasteiger partial charge on any atom is -0.508 e. The van der Waals surface area contributed by atoms with E-state index in [9.17, 15) is 5.11 Å². The predicted octanol–water partition coefficient (Wildman–Crippen LogP) is 3.21. The Morgan fingerprint density at radius 3 is 2.68 bits per heavy atom. The number of hydrogen-bond acceptors (Lipinski definition) is 3. The van der Waals surface area contributed by atoms with Gasteiger partial charge in [0.25, 0.3) is 0 Å². The molecule has 0 spiro atoms. The maximum absolute atomic E-state index is 9.70. The molecule has 0 bridgehead atoms. The van der Waals surface area contributed by atoms with E-state index in [1.165, 1.54) is 0 Å². The number of halogens is 1. The van der Waals surface area contributed by atoms with E-state index in [1.807, 2.05) is 18.2 Å². The van der Waals surface area contributed by atoms with Crippen LogP contribution in [0.2, 0.25) is 5.02 Å². The summed E-state index contributed by atoms with van der Waals surface area (Å²) in [7, 11) is 0. The quantitative estimate of drug-likeness (QED) is 0.899. The minimum atomic E-state index is 0.186. The molecule has 0 fully saturated rings. The summed E-state index contributed by atoms with van der Waals surface area (Å²) >= 11 is 6.02. The zero-order valence-electron chi connectivity index (χ0n) is 10.2. The van der Waals surface area contributed by atoms with Crippen molar-refractivity contribution in [3.63, 3.8) is 0 Å². The highest BCUT2D eigenvalue weighted by Crippen LogP contribution is 2.24. The molecule has 2 aromatic rings. The summed E-state index contributed by atoms with van der Waals surface area (Å²) in [6.45, 7) is 1.09. The highest BCUT2D eigenvalue weighted by atomic mass is 35.5. The fourth-order valence-electron chi connectivity index (χ4n) is 1.80. The van der Waals surface area contributed by atoms with Crippen LogP contribution in [0.5, 0.6) is 5.75 Å². The van der Waals surface area contributed by atoms with Crippen molar-refractivity contribution in [1.82, 2.24) is 5.32 Å². The summed E-state index contributed by atoms with van der Waals surface area (Å²) in [5, 5.41) is 22.3. The molecule has 0 aromatic heterocycles. The van der Waals surface area contributed by atoms with Gasteiger partial charge in [-0.15, -0.1) is 0 Å². The molecule has 3 nitrogen and oxygen atoms in total. The zero-order chi connectivity index (χ0) is 13.7. The average Bonchev–Trinajstić information content (AvgIpc) is 2.42. The highest BCUT2D eigenvalue weighted by molar-refractivity contribution is 6.31. The van der Waals surface area contributed by atoms with Gasteiger partial charge in [0.2, 0.25) is 0 Å². The zero-order valence-corrected chi connectivity index (χ0v) is 11.0. The lowest BCUT2D eigenvalue weighted by molar-refractivity contribution is 0.464. The van der Waals surface area contributed by atoms with E-state index in [-0.39, 0.29) is 5.75 Å². The first kappa shape index (κ1) is 13.4. The number of aromatic hydroxyl groups is 1. The Hall–Kier alpha value is -2.02. The van der Waals surface area contributed by atoms with E-state index in [4.69, 9.17) is 16.9 Å². The first-order chi connectivity index (χ1) is 9.20. The molecule has 2 N–H and O–H groups in total. The molecule has 0 aliphatic heterocycles. The number of phenols is 1. The van der Waals surface area contributed by atoms with E-state index in [1.54, 1.807) is 24.3 Å². The monoisotopic (exact) mass is 272 g/mol. The van der Waals surface area contributed by atoms with Gasteiger partial charge in [0.15, 0.2) is 0 Å². The molecular formula is C15H13ClN2O. The number of nitrogens with zero attached hydrogens (tertiary/aromatic N) is 1. The van der Waals surface area contributed by atoms with Crippen LogP contribution in [0.25, 0.3) is 0 Å². The average molecular weight is 273 g/mol. The normalized spacial score (nSPS) is 10.1. The van der Waals surface area contributed by atoms with Crippen LogP contribution in [-0.4, -0.2) is 5.11 Å². The summed E-state index contributed by atoms with van der Waals surface area (Å²) in [5.74, 6) is 0.186. The van der Waals surface area contributed by atoms with Gasteiger partial charge in [-0.25, -0.2) is 0 Å². The topological polar surface area (TPSA) is 56.0 Å². The second-order valence-corrected chi connectivity index (χ2v) is 4.56. The molecule has 0 saturated carbocycles. The second-order valence-electron chi connectivity index (χ2n) is 4.15. The molecule has 0 saturated heterocycles. The van der Waals surface area contributed by atoms with Crippen LogP contribution in [-0.2, 0) is 13.1 Å². The summed E-state index contributed by atoms with van der Waals surface area (Å²) in [4.78, 5) is 0. The van der Waals surface area contributed by atoms with Crippen molar-refractivity contribution in [2.45, 2.75) is 13.1 Å². The molecule has 96 valence electrons. The molecule has 4 heteroatoms. The molecule has 0 atom stereocenters. The second kappa shape index (κ2) is 6.24. The minimum absolute atomic E-state index is 0.186. The van der Waals surface area contributed by atoms with Gasteiger partial charge in [0.05, 0.1) is 11.6 Å². The van der Waals surface area contributed by atoms with Gasteiger partial charge in [-0.3, -0.25) is 0 Å². The Morgan fingerprint density at radius 2 is 1.95 bits per heavy atom. The van der Waals surface area contributed by atoms with Crippen LogP contribution in [0.15, 0.2) is 42.5 Å². The van der Waals surface area contributed by atoms with Crippen LogP contribution in [0.4, 0.5) is 0 Å². The molecule has 0 amide bonds. The molecule has 19 heavy (non-hydrogen) atoms. The van der Waals surface area contributed by atoms with Gasteiger partial charge in [-0.2, -0.15) is 5.26 Å². The number of phenolic OH excluding ortho intramolecular Hbond substituents is 1. The van der Waals surface area contributed by atoms with E-state index in [0.717, 1.165) is 5.56 Å². The van der Waals surface area contributed by atoms with Crippen molar-refractivity contribution in [2.75, 3.05) is 0 Å². The van der Waals surface area contributed by atoms with E-state index >= 15 is 0 Å². The molecule has 0 aliphatic rings. The maximum atomic E-state index is 9.70. The highest BCUT2D eigenvalue weighted by Gasteiger charge is 2.05. The van der Waals surface area contributed by atoms with Crippen LogP contribution in [0, 0.1) is 11.3 Å². The SMILES string of the molecule is N#Cc1cccc(CNCc2c(O)cccc2Cl)c1. The molecule has 0 heterocycles. The van der Waals surface area contributed by atoms with Gasteiger partial charge in [0.1, 0.15) is 5.75 Å². The van der Waals surface area contributed by atoms with E-state index in [2.05, 4.69) is 11.4 Å². The lowest BCUT2D eigenvalue weighted by Gasteiger charge is -2.08. The van der Waals surface area contributed by atoms with E-state index in [0.29, 0.717) is 29.2 Å². The third-order valence-corrected chi connectivity index (χ3v) is 3.14. The van der Waals surface area contributed by atoms with Crippen molar-refractivity contribution in [3.05, 3.63) is 64.2 Å². The molecule has 2 rings (SSSR count). The van der Waals surface area contributed by atoms with Crippen LogP contribution < -0.4 is 5.32 Å². The number of benzene rings is 2. The fourth-order valence-corrected chi connectivity index (χ4v) is 2.04. The van der Waals surface area contributed by atoms with Gasteiger partial charge in [0, 0.05) is 23.7 Å². The Labute approximate surface area is 117 Å². The molecule has 0 unspecified atom stereocenters. The third-order valence-electron chi connectivity index (χ3n) is 2.78. The summed E-state index contributed by atoms with van der Waals surface area (Å²) in [5.41, 5.74) is 2.34. The Morgan fingerprint density at radius 1 is 1.16 bits per heavy atom. The molecule has 2 aromatic carbocycles. The fraction of sp³-hybridized carbons (Fsp3) is 0.133. The largest absolute Gasteiger partial charge is 0.508 e. The number of nitriles is 1. The van der Waals surface area contributed by atoms with Gasteiger partial charge in [-0.05, 0) is 29.8 Å². The standard InChI is InChI=1S/C15H13ClN2O/c16-14-5-2-6-15(19)13(14)10-18-9-12-4-1-3-11(7-12)8-17/h1-7,18-19H,9-10H2. The Bertz CT molecular complexity index is 600. The molecular weight excluding hydrogens is 260 g/mol. The third kappa shape index (κ3) is 3.47. The van der Waals surface area contributed by atoms with Gasteiger partial charge < -0.3 is 10.4 Å². The lowest BCUT2D eigenvalue weighted by Crippen LogP contribution is -2.13. The first-order valence-corrected chi connectivity index (χ1v) is 6.24. The van der Waals surface area contributed by atoms with Crippen molar-refractivity contribution >= 4 is 11.6 Å². The van der Waals surface area contributed by atoms with Crippen molar-refractivity contribution in [1.29, 1.82) is 5.26 Å². The first-order valence-electron chi connectivity index (χ1n) is 5.87. The number of nitrogens with one attached hydrogen (secondary N) is 1. The summed E-state index contributed by atoms with van der Waals surface area (Å²) < 4.78 is 0. The van der Waals surface area contributed by atoms with Crippen LogP contribution >= 0.6 is 11.6 Å². The molecule has 0 aliphatic carbocycles. The van der Waals surface area contributed by atoms with Crippen molar-refractivity contribution in [3.8, 4) is 11.8 Å².